The maximum atomic E-state index is 12.6. The molecule has 0 aliphatic heterocycles. The third kappa shape index (κ3) is 4.83. The number of para-hydroxylation sites is 1. The van der Waals surface area contributed by atoms with E-state index in [9.17, 15) is 9.59 Å². The molecule has 1 heterocycles. The Morgan fingerprint density at radius 2 is 1.83 bits per heavy atom. The molecule has 1 fully saturated rings. The first-order chi connectivity index (χ1) is 14.7. The fraction of sp³-hybridized carbons (Fsp3) is 0.273. The number of aromatic nitrogens is 2. The van der Waals surface area contributed by atoms with Gasteiger partial charge in [-0.25, -0.2) is 0 Å². The van der Waals surface area contributed by atoms with E-state index in [0.717, 1.165) is 31.2 Å². The lowest BCUT2D eigenvalue weighted by atomic mass is 10.1. The summed E-state index contributed by atoms with van der Waals surface area (Å²) in [4.78, 5) is 25.0. The number of carbonyl (C=O) groups is 2. The molecule has 0 bridgehead atoms. The van der Waals surface area contributed by atoms with E-state index in [1.807, 2.05) is 0 Å². The number of benzene rings is 2. The van der Waals surface area contributed by atoms with Crippen LogP contribution in [0.15, 0.2) is 59.3 Å². The van der Waals surface area contributed by atoms with Gasteiger partial charge >= 0.3 is 0 Å². The Bertz CT molecular complexity index is 996. The molecular weight excluding hydrogens is 384 g/mol. The lowest BCUT2D eigenvalue weighted by Gasteiger charge is -2.15. The number of rotatable bonds is 7. The van der Waals surface area contributed by atoms with Crippen molar-refractivity contribution in [3.05, 3.63) is 60.5 Å². The van der Waals surface area contributed by atoms with Crippen LogP contribution in [0.2, 0.25) is 0 Å². The van der Waals surface area contributed by atoms with E-state index < -0.39 is 0 Å². The molecule has 3 aromatic rings. The lowest BCUT2D eigenvalue weighted by molar-refractivity contribution is -0.118. The first-order valence-electron chi connectivity index (χ1n) is 9.88. The molecule has 2 N–H and O–H groups in total. The second-order valence-electron chi connectivity index (χ2n) is 7.11. The lowest BCUT2D eigenvalue weighted by Crippen LogP contribution is -2.33. The number of hydrogen-bond acceptors (Lipinski definition) is 6. The Labute approximate surface area is 173 Å². The first kappa shape index (κ1) is 19.6. The molecule has 1 saturated carbocycles. The summed E-state index contributed by atoms with van der Waals surface area (Å²) < 4.78 is 10.7. The molecule has 154 valence electrons. The molecule has 8 nitrogen and oxygen atoms in total. The van der Waals surface area contributed by atoms with Gasteiger partial charge in [0.05, 0.1) is 11.3 Å². The molecule has 1 aliphatic carbocycles. The van der Waals surface area contributed by atoms with Crippen molar-refractivity contribution in [3.8, 4) is 17.2 Å². The second kappa shape index (κ2) is 9.21. The number of ether oxygens (including phenoxy) is 1. The summed E-state index contributed by atoms with van der Waals surface area (Å²) in [5.74, 6) is 0.417. The van der Waals surface area contributed by atoms with Crippen molar-refractivity contribution >= 4 is 17.5 Å². The molecule has 2 aromatic carbocycles. The van der Waals surface area contributed by atoms with E-state index in [1.54, 1.807) is 48.5 Å². The van der Waals surface area contributed by atoms with Gasteiger partial charge in [-0.15, -0.1) is 10.2 Å². The highest BCUT2D eigenvalue weighted by atomic mass is 16.5. The van der Waals surface area contributed by atoms with Crippen molar-refractivity contribution in [2.24, 2.45) is 0 Å². The molecule has 8 heteroatoms. The van der Waals surface area contributed by atoms with E-state index in [4.69, 9.17) is 9.15 Å². The fourth-order valence-corrected chi connectivity index (χ4v) is 3.45. The van der Waals surface area contributed by atoms with Gasteiger partial charge in [0, 0.05) is 11.6 Å². The largest absolute Gasteiger partial charge is 0.484 e. The van der Waals surface area contributed by atoms with Crippen molar-refractivity contribution in [2.75, 3.05) is 11.9 Å². The predicted molar refractivity (Wildman–Crippen MR) is 110 cm³/mol. The van der Waals surface area contributed by atoms with Crippen LogP contribution in [-0.2, 0) is 4.79 Å². The SMILES string of the molecule is O=C(COc1ccc(-c2nnco2)cc1)Nc1ccccc1C(=O)NC1CCCC1. The normalized spacial score (nSPS) is 13.7. The molecule has 0 unspecified atom stereocenters. The Morgan fingerprint density at radius 3 is 2.57 bits per heavy atom. The smallest absolute Gasteiger partial charge is 0.262 e. The number of anilines is 1. The van der Waals surface area contributed by atoms with Crippen molar-refractivity contribution in [1.29, 1.82) is 0 Å². The molecule has 30 heavy (non-hydrogen) atoms. The van der Waals surface area contributed by atoms with Crippen molar-refractivity contribution in [3.63, 3.8) is 0 Å². The third-order valence-electron chi connectivity index (χ3n) is 4.97. The minimum atomic E-state index is -0.350. The van der Waals surface area contributed by atoms with Gasteiger partial charge in [-0.1, -0.05) is 25.0 Å². The van der Waals surface area contributed by atoms with Gasteiger partial charge in [-0.2, -0.15) is 0 Å². The molecule has 0 radical (unpaired) electrons. The first-order valence-corrected chi connectivity index (χ1v) is 9.88. The zero-order chi connectivity index (χ0) is 20.8. The summed E-state index contributed by atoms with van der Waals surface area (Å²) in [6.45, 7) is -0.182. The zero-order valence-corrected chi connectivity index (χ0v) is 16.3. The Kier molecular flexibility index (Phi) is 6.03. The van der Waals surface area contributed by atoms with Crippen molar-refractivity contribution < 1.29 is 18.7 Å². The average Bonchev–Trinajstić information content (AvgIpc) is 3.47. The van der Waals surface area contributed by atoms with E-state index in [2.05, 4.69) is 20.8 Å². The molecule has 4 rings (SSSR count). The molecular formula is C22H22N4O4. The summed E-state index contributed by atoms with van der Waals surface area (Å²) in [7, 11) is 0. The van der Waals surface area contributed by atoms with Crippen LogP contribution in [0.1, 0.15) is 36.0 Å². The minimum absolute atomic E-state index is 0.171. The summed E-state index contributed by atoms with van der Waals surface area (Å²) in [5.41, 5.74) is 1.67. The highest BCUT2D eigenvalue weighted by Crippen LogP contribution is 2.22. The fourth-order valence-electron chi connectivity index (χ4n) is 3.45. The maximum absolute atomic E-state index is 12.6. The van der Waals surface area contributed by atoms with Gasteiger partial charge in [0.15, 0.2) is 6.61 Å². The van der Waals surface area contributed by atoms with E-state index >= 15 is 0 Å². The average molecular weight is 406 g/mol. The van der Waals surface area contributed by atoms with Crippen LogP contribution in [0, 0.1) is 0 Å². The van der Waals surface area contributed by atoms with Gasteiger partial charge in [-0.05, 0) is 49.2 Å². The predicted octanol–water partition coefficient (Wildman–Crippen LogP) is 3.43. The highest BCUT2D eigenvalue weighted by molar-refractivity contribution is 6.04. The van der Waals surface area contributed by atoms with Crippen LogP contribution in [0.3, 0.4) is 0 Å². The summed E-state index contributed by atoms with van der Waals surface area (Å²) in [6, 6.07) is 14.1. The molecule has 0 saturated heterocycles. The van der Waals surface area contributed by atoms with Crippen LogP contribution in [0.25, 0.3) is 11.5 Å². The number of carbonyl (C=O) groups excluding carboxylic acids is 2. The van der Waals surface area contributed by atoms with E-state index in [1.165, 1.54) is 6.39 Å². The molecule has 0 atom stereocenters. The summed E-state index contributed by atoms with van der Waals surface area (Å²) in [5, 5.41) is 13.3. The van der Waals surface area contributed by atoms with Gasteiger partial charge in [0.25, 0.3) is 11.8 Å². The number of hydrogen-bond donors (Lipinski definition) is 2. The van der Waals surface area contributed by atoms with Crippen LogP contribution in [-0.4, -0.2) is 34.7 Å². The van der Waals surface area contributed by atoms with Crippen LogP contribution >= 0.6 is 0 Å². The Morgan fingerprint density at radius 1 is 1.07 bits per heavy atom. The van der Waals surface area contributed by atoms with Crippen LogP contribution in [0.5, 0.6) is 5.75 Å². The van der Waals surface area contributed by atoms with Crippen LogP contribution < -0.4 is 15.4 Å². The van der Waals surface area contributed by atoms with E-state index in [0.29, 0.717) is 22.9 Å². The topological polar surface area (TPSA) is 106 Å². The molecule has 2 amide bonds. The van der Waals surface area contributed by atoms with Gasteiger partial charge in [0.1, 0.15) is 5.75 Å². The number of nitrogens with one attached hydrogen (secondary N) is 2. The Balaban J connectivity index is 1.33. The summed E-state index contributed by atoms with van der Waals surface area (Å²) in [6.07, 6.45) is 5.53. The van der Waals surface area contributed by atoms with Gasteiger partial charge in [0.2, 0.25) is 12.3 Å². The number of amides is 2. The standard InChI is InChI=1S/C22H22N4O4/c27-20(13-29-17-11-9-15(10-12-17)22-26-23-14-30-22)25-19-8-4-3-7-18(19)21(28)24-16-5-1-2-6-16/h3-4,7-12,14,16H,1-2,5-6,13H2,(H,24,28)(H,25,27). The van der Waals surface area contributed by atoms with Crippen LogP contribution in [0.4, 0.5) is 5.69 Å². The summed E-state index contributed by atoms with van der Waals surface area (Å²) >= 11 is 0. The molecule has 1 aromatic heterocycles. The monoisotopic (exact) mass is 406 g/mol. The third-order valence-corrected chi connectivity index (χ3v) is 4.97. The van der Waals surface area contributed by atoms with Gasteiger partial charge in [-0.3, -0.25) is 9.59 Å². The quantitative estimate of drug-likeness (QED) is 0.623. The molecule has 1 aliphatic rings. The maximum Gasteiger partial charge on any atom is 0.262 e. The van der Waals surface area contributed by atoms with Crippen molar-refractivity contribution in [2.45, 2.75) is 31.7 Å². The Hall–Kier alpha value is -3.68. The second-order valence-corrected chi connectivity index (χ2v) is 7.11. The van der Waals surface area contributed by atoms with Crippen molar-refractivity contribution in [1.82, 2.24) is 15.5 Å². The van der Waals surface area contributed by atoms with Gasteiger partial charge < -0.3 is 19.8 Å². The highest BCUT2D eigenvalue weighted by Gasteiger charge is 2.20. The number of nitrogens with zero attached hydrogens (tertiary/aromatic N) is 2. The van der Waals surface area contributed by atoms with E-state index in [-0.39, 0.29) is 24.5 Å². The minimum Gasteiger partial charge on any atom is -0.484 e. The molecule has 0 spiro atoms. The zero-order valence-electron chi connectivity index (χ0n) is 16.3.